The van der Waals surface area contributed by atoms with Gasteiger partial charge in [-0.1, -0.05) is 0 Å². The first kappa shape index (κ1) is 9.74. The Balaban J connectivity index is 3.27. The Hall–Kier alpha value is -1.35. The van der Waals surface area contributed by atoms with E-state index in [-0.39, 0.29) is 5.75 Å². The maximum absolute atomic E-state index is 10.5. The smallest absolute Gasteiger partial charge is 0.150 e. The lowest BCUT2D eigenvalue weighted by Gasteiger charge is -2.20. The molecule has 3 nitrogen and oxygen atoms in total. The van der Waals surface area contributed by atoms with E-state index >= 15 is 0 Å². The summed E-state index contributed by atoms with van der Waals surface area (Å²) in [5, 5.41) is 9.47. The molecule has 0 bridgehead atoms. The van der Waals surface area contributed by atoms with Gasteiger partial charge in [0.2, 0.25) is 0 Å². The first-order valence-electron chi connectivity index (χ1n) is 4.02. The number of carbonyl (C=O) groups is 1. The molecule has 70 valence electrons. The summed E-state index contributed by atoms with van der Waals surface area (Å²) in [5.41, 5.74) is 6.27. The van der Waals surface area contributed by atoms with Crippen molar-refractivity contribution in [3.8, 4) is 5.75 Å². The van der Waals surface area contributed by atoms with Crippen LogP contribution in [0.25, 0.3) is 0 Å². The van der Waals surface area contributed by atoms with E-state index in [1.54, 1.807) is 26.0 Å². The molecule has 0 saturated carbocycles. The van der Waals surface area contributed by atoms with E-state index in [0.29, 0.717) is 11.1 Å². The van der Waals surface area contributed by atoms with Crippen LogP contribution in [-0.4, -0.2) is 11.4 Å². The summed E-state index contributed by atoms with van der Waals surface area (Å²) in [7, 11) is 0. The Morgan fingerprint density at radius 1 is 1.46 bits per heavy atom. The highest BCUT2D eigenvalue weighted by Crippen LogP contribution is 2.27. The SMILES string of the molecule is CC(C)(N)c1cc(C=O)ccc1O. The van der Waals surface area contributed by atoms with E-state index in [1.165, 1.54) is 6.07 Å². The van der Waals surface area contributed by atoms with Crippen LogP contribution in [0.1, 0.15) is 29.8 Å². The number of benzene rings is 1. The van der Waals surface area contributed by atoms with Crippen LogP contribution in [0.5, 0.6) is 5.75 Å². The summed E-state index contributed by atoms with van der Waals surface area (Å²) < 4.78 is 0. The molecular weight excluding hydrogens is 166 g/mol. The van der Waals surface area contributed by atoms with Crippen molar-refractivity contribution in [2.75, 3.05) is 0 Å². The molecule has 0 aliphatic rings. The molecule has 13 heavy (non-hydrogen) atoms. The largest absolute Gasteiger partial charge is 0.508 e. The molecule has 0 radical (unpaired) electrons. The number of nitrogens with two attached hydrogens (primary N) is 1. The highest BCUT2D eigenvalue weighted by molar-refractivity contribution is 5.75. The number of aromatic hydroxyl groups is 1. The number of phenols is 1. The second-order valence-corrected chi connectivity index (χ2v) is 3.62. The summed E-state index contributed by atoms with van der Waals surface area (Å²) in [6.45, 7) is 3.55. The lowest BCUT2D eigenvalue weighted by Crippen LogP contribution is -2.28. The third-order valence-electron chi connectivity index (χ3n) is 1.85. The van der Waals surface area contributed by atoms with Crippen LogP contribution < -0.4 is 5.73 Å². The fourth-order valence-corrected chi connectivity index (χ4v) is 1.14. The summed E-state index contributed by atoms with van der Waals surface area (Å²) >= 11 is 0. The molecule has 1 aromatic rings. The second kappa shape index (κ2) is 3.18. The van der Waals surface area contributed by atoms with Crippen LogP contribution in [0.2, 0.25) is 0 Å². The molecule has 0 fully saturated rings. The molecule has 3 N–H and O–H groups in total. The van der Waals surface area contributed by atoms with Gasteiger partial charge in [-0.2, -0.15) is 0 Å². The van der Waals surface area contributed by atoms with Crippen molar-refractivity contribution in [1.29, 1.82) is 0 Å². The Labute approximate surface area is 77.2 Å². The molecule has 0 saturated heterocycles. The van der Waals surface area contributed by atoms with Crippen molar-refractivity contribution in [2.45, 2.75) is 19.4 Å². The fourth-order valence-electron chi connectivity index (χ4n) is 1.14. The summed E-state index contributed by atoms with van der Waals surface area (Å²) in [6, 6.07) is 4.63. The summed E-state index contributed by atoms with van der Waals surface area (Å²) in [5.74, 6) is 0.123. The van der Waals surface area contributed by atoms with Crippen LogP contribution in [0.4, 0.5) is 0 Å². The van der Waals surface area contributed by atoms with Gasteiger partial charge >= 0.3 is 0 Å². The highest BCUT2D eigenvalue weighted by Gasteiger charge is 2.18. The Kier molecular flexibility index (Phi) is 2.38. The van der Waals surface area contributed by atoms with Gasteiger partial charge in [-0.15, -0.1) is 0 Å². The number of rotatable bonds is 2. The lowest BCUT2D eigenvalue weighted by atomic mass is 9.93. The van der Waals surface area contributed by atoms with Gasteiger partial charge in [-0.3, -0.25) is 4.79 Å². The minimum atomic E-state index is -0.636. The zero-order chi connectivity index (χ0) is 10.1. The molecular formula is C10H13NO2. The van der Waals surface area contributed by atoms with Gasteiger partial charge in [0.1, 0.15) is 12.0 Å². The van der Waals surface area contributed by atoms with Crippen molar-refractivity contribution >= 4 is 6.29 Å². The highest BCUT2D eigenvalue weighted by atomic mass is 16.3. The number of phenolic OH excluding ortho intramolecular Hbond substituents is 1. The normalized spacial score (nSPS) is 11.3. The molecule has 1 aromatic carbocycles. The lowest BCUT2D eigenvalue weighted by molar-refractivity contribution is 0.112. The predicted molar refractivity (Wildman–Crippen MR) is 50.7 cm³/mol. The fraction of sp³-hybridized carbons (Fsp3) is 0.300. The van der Waals surface area contributed by atoms with Crippen molar-refractivity contribution in [2.24, 2.45) is 5.73 Å². The first-order chi connectivity index (χ1) is 5.95. The average molecular weight is 179 g/mol. The quantitative estimate of drug-likeness (QED) is 0.674. The van der Waals surface area contributed by atoms with E-state index in [1.807, 2.05) is 0 Å². The van der Waals surface area contributed by atoms with E-state index in [2.05, 4.69) is 0 Å². The number of hydrogen-bond donors (Lipinski definition) is 2. The van der Waals surface area contributed by atoms with E-state index in [0.717, 1.165) is 6.29 Å². The van der Waals surface area contributed by atoms with Crippen LogP contribution in [0, 0.1) is 0 Å². The molecule has 0 aliphatic carbocycles. The van der Waals surface area contributed by atoms with Crippen molar-refractivity contribution in [3.05, 3.63) is 29.3 Å². The van der Waals surface area contributed by atoms with E-state index < -0.39 is 5.54 Å². The van der Waals surface area contributed by atoms with Crippen molar-refractivity contribution in [1.82, 2.24) is 0 Å². The van der Waals surface area contributed by atoms with Gasteiger partial charge in [0.15, 0.2) is 0 Å². The summed E-state index contributed by atoms with van der Waals surface area (Å²) in [6.07, 6.45) is 0.731. The Morgan fingerprint density at radius 3 is 2.54 bits per heavy atom. The molecule has 0 heterocycles. The van der Waals surface area contributed by atoms with Gasteiger partial charge in [0.05, 0.1) is 0 Å². The third kappa shape index (κ3) is 2.06. The topological polar surface area (TPSA) is 63.3 Å². The van der Waals surface area contributed by atoms with Gasteiger partial charge in [0.25, 0.3) is 0 Å². The van der Waals surface area contributed by atoms with Gasteiger partial charge < -0.3 is 10.8 Å². The predicted octanol–water partition coefficient (Wildman–Crippen LogP) is 1.40. The van der Waals surface area contributed by atoms with Gasteiger partial charge in [-0.25, -0.2) is 0 Å². The standard InChI is InChI=1S/C10H13NO2/c1-10(2,11)8-5-7(6-12)3-4-9(8)13/h3-6,13H,11H2,1-2H3. The monoisotopic (exact) mass is 179 g/mol. The Morgan fingerprint density at radius 2 is 2.08 bits per heavy atom. The average Bonchev–Trinajstić information content (AvgIpc) is 2.03. The van der Waals surface area contributed by atoms with Crippen molar-refractivity contribution < 1.29 is 9.90 Å². The van der Waals surface area contributed by atoms with E-state index in [4.69, 9.17) is 5.73 Å². The maximum atomic E-state index is 10.5. The Bertz CT molecular complexity index is 326. The minimum absolute atomic E-state index is 0.123. The van der Waals surface area contributed by atoms with Crippen LogP contribution in [-0.2, 0) is 5.54 Å². The molecule has 0 aliphatic heterocycles. The zero-order valence-electron chi connectivity index (χ0n) is 7.74. The van der Waals surface area contributed by atoms with Crippen LogP contribution in [0.3, 0.4) is 0 Å². The van der Waals surface area contributed by atoms with Crippen molar-refractivity contribution in [3.63, 3.8) is 0 Å². The van der Waals surface area contributed by atoms with Gasteiger partial charge in [-0.05, 0) is 32.0 Å². The molecule has 0 amide bonds. The number of carbonyl (C=O) groups excluding carboxylic acids is 1. The number of aldehydes is 1. The number of hydrogen-bond acceptors (Lipinski definition) is 3. The molecule has 0 aromatic heterocycles. The maximum Gasteiger partial charge on any atom is 0.150 e. The molecule has 0 unspecified atom stereocenters. The van der Waals surface area contributed by atoms with Crippen LogP contribution in [0.15, 0.2) is 18.2 Å². The minimum Gasteiger partial charge on any atom is -0.508 e. The van der Waals surface area contributed by atoms with E-state index in [9.17, 15) is 9.90 Å². The van der Waals surface area contributed by atoms with Gasteiger partial charge in [0, 0.05) is 16.7 Å². The molecule has 3 heteroatoms. The first-order valence-corrected chi connectivity index (χ1v) is 4.02. The zero-order valence-corrected chi connectivity index (χ0v) is 7.74. The molecule has 0 atom stereocenters. The molecule has 1 rings (SSSR count). The second-order valence-electron chi connectivity index (χ2n) is 3.62. The molecule has 0 spiro atoms. The van der Waals surface area contributed by atoms with Crippen LogP contribution >= 0.6 is 0 Å². The summed E-state index contributed by atoms with van der Waals surface area (Å²) in [4.78, 5) is 10.5. The third-order valence-corrected chi connectivity index (χ3v) is 1.85.